The first kappa shape index (κ1) is 14.5. The zero-order valence-corrected chi connectivity index (χ0v) is 9.47. The van der Waals surface area contributed by atoms with Crippen LogP contribution in [0.1, 0.15) is 33.1 Å². The lowest BCUT2D eigenvalue weighted by atomic mass is 10.1. The second-order valence-corrected chi connectivity index (χ2v) is 3.41. The first-order chi connectivity index (χ1) is 7.52. The standard InChI is InChI=1S/C10H16N2O4/c1-3-4-5-16-10(15)9(12-11)8(14)6-7(2)13/h7,13H,3-6H2,1-2H3. The molecular weight excluding hydrogens is 212 g/mol. The molecule has 0 fully saturated rings. The molecule has 0 amide bonds. The summed E-state index contributed by atoms with van der Waals surface area (Å²) in [6.45, 7) is 3.50. The van der Waals surface area contributed by atoms with E-state index in [1.165, 1.54) is 6.92 Å². The average molecular weight is 228 g/mol. The highest BCUT2D eigenvalue weighted by molar-refractivity contribution is 6.62. The van der Waals surface area contributed by atoms with Gasteiger partial charge in [0.15, 0.2) is 0 Å². The first-order valence-corrected chi connectivity index (χ1v) is 5.13. The molecule has 0 aliphatic rings. The second kappa shape index (κ2) is 7.73. The van der Waals surface area contributed by atoms with Crippen LogP contribution >= 0.6 is 0 Å². The van der Waals surface area contributed by atoms with Gasteiger partial charge in [-0.25, -0.2) is 4.79 Å². The van der Waals surface area contributed by atoms with E-state index < -0.39 is 23.6 Å². The summed E-state index contributed by atoms with van der Waals surface area (Å²) in [7, 11) is 0. The number of ether oxygens (including phenoxy) is 1. The first-order valence-electron chi connectivity index (χ1n) is 5.13. The summed E-state index contributed by atoms with van der Waals surface area (Å²) in [5.41, 5.74) is 7.85. The van der Waals surface area contributed by atoms with Crippen molar-refractivity contribution in [3.8, 4) is 0 Å². The molecule has 0 spiro atoms. The number of aliphatic hydroxyl groups excluding tert-OH is 1. The van der Waals surface area contributed by atoms with Crippen molar-refractivity contribution in [2.75, 3.05) is 6.61 Å². The summed E-state index contributed by atoms with van der Waals surface area (Å²) in [5, 5.41) is 8.95. The number of Topliss-reactive ketones (excluding diaryl/α,β-unsaturated/α-hetero) is 1. The highest BCUT2D eigenvalue weighted by Crippen LogP contribution is 1.96. The van der Waals surface area contributed by atoms with Gasteiger partial charge in [0.05, 0.1) is 12.7 Å². The van der Waals surface area contributed by atoms with Crippen LogP contribution in [-0.4, -0.2) is 40.1 Å². The van der Waals surface area contributed by atoms with Crippen LogP contribution in [0.15, 0.2) is 0 Å². The lowest BCUT2D eigenvalue weighted by Gasteiger charge is -2.01. The molecule has 0 bridgehead atoms. The van der Waals surface area contributed by atoms with E-state index in [-0.39, 0.29) is 13.0 Å². The van der Waals surface area contributed by atoms with Crippen LogP contribution in [-0.2, 0) is 14.3 Å². The molecule has 0 aromatic carbocycles. The van der Waals surface area contributed by atoms with Gasteiger partial charge in [-0.3, -0.25) is 4.79 Å². The van der Waals surface area contributed by atoms with Gasteiger partial charge in [0.2, 0.25) is 0 Å². The second-order valence-electron chi connectivity index (χ2n) is 3.41. The average Bonchev–Trinajstić information content (AvgIpc) is 2.18. The fourth-order valence-corrected chi connectivity index (χ4v) is 0.953. The Bertz CT molecular complexity index is 306. The number of aliphatic hydroxyl groups is 1. The van der Waals surface area contributed by atoms with E-state index in [0.717, 1.165) is 6.42 Å². The molecule has 0 saturated carbocycles. The molecular formula is C10H16N2O4. The van der Waals surface area contributed by atoms with Crippen molar-refractivity contribution in [2.45, 2.75) is 39.2 Å². The van der Waals surface area contributed by atoms with E-state index >= 15 is 0 Å². The maximum atomic E-state index is 11.3. The zero-order chi connectivity index (χ0) is 12.6. The number of nitrogens with zero attached hydrogens (tertiary/aromatic N) is 2. The van der Waals surface area contributed by atoms with Gasteiger partial charge in [-0.2, -0.15) is 4.79 Å². The Hall–Kier alpha value is -1.52. The van der Waals surface area contributed by atoms with Crippen LogP contribution in [0, 0.1) is 0 Å². The minimum atomic E-state index is -0.957. The third-order valence-electron chi connectivity index (χ3n) is 1.77. The molecule has 0 saturated heterocycles. The largest absolute Gasteiger partial charge is 0.457 e. The highest BCUT2D eigenvalue weighted by Gasteiger charge is 2.31. The summed E-state index contributed by atoms with van der Waals surface area (Å²) in [6.07, 6.45) is 0.352. The fraction of sp³-hybridized carbons (Fsp3) is 0.700. The molecule has 6 nitrogen and oxygen atoms in total. The maximum Gasteiger partial charge on any atom is 0.441 e. The summed E-state index contributed by atoms with van der Waals surface area (Å²) in [5.74, 6) is -1.69. The topological polar surface area (TPSA) is 100 Å². The summed E-state index contributed by atoms with van der Waals surface area (Å²) in [4.78, 5) is 25.2. The van der Waals surface area contributed by atoms with E-state index in [2.05, 4.69) is 4.79 Å². The SMILES string of the molecule is CCCCOC(=O)C(=[N+]=[N-])C(=O)CC(C)O. The molecule has 0 heterocycles. The van der Waals surface area contributed by atoms with Gasteiger partial charge in [0.25, 0.3) is 5.78 Å². The van der Waals surface area contributed by atoms with Crippen molar-refractivity contribution in [3.05, 3.63) is 5.53 Å². The number of hydrogen-bond donors (Lipinski definition) is 1. The summed E-state index contributed by atoms with van der Waals surface area (Å²) in [6, 6.07) is 0. The van der Waals surface area contributed by atoms with Crippen molar-refractivity contribution < 1.29 is 24.2 Å². The molecule has 90 valence electrons. The normalized spacial score (nSPS) is 11.4. The third kappa shape index (κ3) is 5.38. The van der Waals surface area contributed by atoms with E-state index in [0.29, 0.717) is 6.42 Å². The lowest BCUT2D eigenvalue weighted by Crippen LogP contribution is -2.29. The van der Waals surface area contributed by atoms with Gasteiger partial charge < -0.3 is 15.4 Å². The Kier molecular flexibility index (Phi) is 7.00. The van der Waals surface area contributed by atoms with Crippen molar-refractivity contribution >= 4 is 17.5 Å². The molecule has 1 N–H and O–H groups in total. The molecule has 0 rings (SSSR count). The van der Waals surface area contributed by atoms with Gasteiger partial charge >= 0.3 is 11.7 Å². The Labute approximate surface area is 93.8 Å². The summed E-state index contributed by atoms with van der Waals surface area (Å²) < 4.78 is 4.71. The molecule has 1 unspecified atom stereocenters. The van der Waals surface area contributed by atoms with Crippen LogP contribution in [0.25, 0.3) is 5.53 Å². The van der Waals surface area contributed by atoms with Crippen molar-refractivity contribution in [3.63, 3.8) is 0 Å². The smallest absolute Gasteiger partial charge is 0.441 e. The van der Waals surface area contributed by atoms with Crippen molar-refractivity contribution in [1.29, 1.82) is 0 Å². The number of unbranched alkanes of at least 4 members (excludes halogenated alkanes) is 1. The number of hydrogen-bond acceptors (Lipinski definition) is 4. The van der Waals surface area contributed by atoms with Crippen LogP contribution in [0.2, 0.25) is 0 Å². The predicted molar refractivity (Wildman–Crippen MR) is 55.8 cm³/mol. The lowest BCUT2D eigenvalue weighted by molar-refractivity contribution is -0.142. The van der Waals surface area contributed by atoms with Gasteiger partial charge in [-0.05, 0) is 13.3 Å². The quantitative estimate of drug-likeness (QED) is 0.169. The third-order valence-corrected chi connectivity index (χ3v) is 1.77. The Morgan fingerprint density at radius 1 is 1.50 bits per heavy atom. The Balaban J connectivity index is 4.34. The molecule has 0 aromatic heterocycles. The number of esters is 1. The number of ketones is 1. The van der Waals surface area contributed by atoms with Gasteiger partial charge in [-0.1, -0.05) is 13.3 Å². The fourth-order valence-electron chi connectivity index (χ4n) is 0.953. The van der Waals surface area contributed by atoms with Crippen LogP contribution in [0.3, 0.4) is 0 Å². The number of carbonyl (C=O) groups excluding carboxylic acids is 2. The molecule has 0 aliphatic heterocycles. The molecule has 16 heavy (non-hydrogen) atoms. The molecule has 1 atom stereocenters. The predicted octanol–water partition coefficient (Wildman–Crippen LogP) is 0.341. The molecule has 0 aromatic rings. The molecule has 0 aliphatic carbocycles. The number of carbonyl (C=O) groups is 2. The molecule has 0 radical (unpaired) electrons. The Morgan fingerprint density at radius 2 is 2.12 bits per heavy atom. The van der Waals surface area contributed by atoms with Crippen molar-refractivity contribution in [2.24, 2.45) is 0 Å². The van der Waals surface area contributed by atoms with E-state index in [9.17, 15) is 9.59 Å². The van der Waals surface area contributed by atoms with Gasteiger partial charge in [-0.15, -0.1) is 0 Å². The van der Waals surface area contributed by atoms with E-state index in [1.54, 1.807) is 0 Å². The Morgan fingerprint density at radius 3 is 2.56 bits per heavy atom. The zero-order valence-electron chi connectivity index (χ0n) is 9.47. The van der Waals surface area contributed by atoms with Gasteiger partial charge in [0.1, 0.15) is 0 Å². The van der Waals surface area contributed by atoms with E-state index in [4.69, 9.17) is 15.4 Å². The van der Waals surface area contributed by atoms with E-state index in [1.807, 2.05) is 6.92 Å². The van der Waals surface area contributed by atoms with Crippen LogP contribution in [0.5, 0.6) is 0 Å². The number of rotatable bonds is 7. The van der Waals surface area contributed by atoms with Crippen LogP contribution in [0.4, 0.5) is 0 Å². The van der Waals surface area contributed by atoms with Gasteiger partial charge in [0, 0.05) is 6.42 Å². The maximum absolute atomic E-state index is 11.3. The molecule has 6 heteroatoms. The summed E-state index contributed by atoms with van der Waals surface area (Å²) >= 11 is 0. The monoisotopic (exact) mass is 228 g/mol. The van der Waals surface area contributed by atoms with Crippen molar-refractivity contribution in [1.82, 2.24) is 0 Å². The minimum absolute atomic E-state index is 0.177. The minimum Gasteiger partial charge on any atom is -0.457 e. The highest BCUT2D eigenvalue weighted by atomic mass is 16.5. The van der Waals surface area contributed by atoms with Crippen LogP contribution < -0.4 is 0 Å².